The number of hydrogen-bond donors (Lipinski definition) is 1. The van der Waals surface area contributed by atoms with E-state index in [-0.39, 0.29) is 5.91 Å². The van der Waals surface area contributed by atoms with Gasteiger partial charge in [0, 0.05) is 11.9 Å². The minimum Gasteiger partial charge on any atom is -0.494 e. The van der Waals surface area contributed by atoms with Gasteiger partial charge in [-0.2, -0.15) is 0 Å². The molecule has 1 amide bonds. The fourth-order valence-corrected chi connectivity index (χ4v) is 1.93. The molecule has 0 unspecified atom stereocenters. The number of carbonyl (C=O) groups excluding carboxylic acids is 1. The Morgan fingerprint density at radius 3 is 2.89 bits per heavy atom. The lowest BCUT2D eigenvalue weighted by Gasteiger charge is -2.06. The van der Waals surface area contributed by atoms with Crippen molar-refractivity contribution >= 4 is 17.2 Å². The second-order valence-corrected chi connectivity index (χ2v) is 4.36. The van der Waals surface area contributed by atoms with Crippen molar-refractivity contribution in [2.24, 2.45) is 0 Å². The molecule has 0 saturated heterocycles. The summed E-state index contributed by atoms with van der Waals surface area (Å²) in [7, 11) is 0. The third kappa shape index (κ3) is 3.85. The van der Waals surface area contributed by atoms with Gasteiger partial charge >= 0.3 is 0 Å². The Balaban J connectivity index is 1.61. The molecular formula is C13H14N2O2S. The quantitative estimate of drug-likeness (QED) is 0.813. The smallest absolute Gasteiger partial charge is 0.270 e. The fourth-order valence-electron chi connectivity index (χ4n) is 1.40. The molecule has 0 aliphatic rings. The predicted molar refractivity (Wildman–Crippen MR) is 71.0 cm³/mol. The molecular weight excluding hydrogens is 248 g/mol. The van der Waals surface area contributed by atoms with Gasteiger partial charge in [0.15, 0.2) is 0 Å². The number of benzene rings is 1. The zero-order valence-corrected chi connectivity index (χ0v) is 10.7. The summed E-state index contributed by atoms with van der Waals surface area (Å²) in [4.78, 5) is 15.5. The molecule has 0 fully saturated rings. The summed E-state index contributed by atoms with van der Waals surface area (Å²) in [6.45, 7) is 1.17. The van der Waals surface area contributed by atoms with Crippen molar-refractivity contribution in [1.29, 1.82) is 0 Å². The van der Waals surface area contributed by atoms with Crippen LogP contribution in [-0.4, -0.2) is 24.0 Å². The van der Waals surface area contributed by atoms with Gasteiger partial charge in [-0.05, 0) is 18.6 Å². The largest absolute Gasteiger partial charge is 0.494 e. The van der Waals surface area contributed by atoms with Crippen LogP contribution >= 0.6 is 11.3 Å². The minimum absolute atomic E-state index is 0.129. The van der Waals surface area contributed by atoms with E-state index in [0.29, 0.717) is 18.8 Å². The second kappa shape index (κ2) is 6.76. The first-order valence-corrected chi connectivity index (χ1v) is 6.65. The van der Waals surface area contributed by atoms with Crippen molar-refractivity contribution in [3.63, 3.8) is 0 Å². The monoisotopic (exact) mass is 262 g/mol. The van der Waals surface area contributed by atoms with Crippen LogP contribution in [0.25, 0.3) is 0 Å². The minimum atomic E-state index is -0.129. The number of aromatic nitrogens is 1. The Labute approximate surface area is 110 Å². The molecule has 2 aromatic rings. The van der Waals surface area contributed by atoms with E-state index in [0.717, 1.165) is 12.2 Å². The summed E-state index contributed by atoms with van der Waals surface area (Å²) in [6, 6.07) is 9.63. The molecule has 0 bridgehead atoms. The second-order valence-electron chi connectivity index (χ2n) is 3.64. The Morgan fingerprint density at radius 1 is 1.33 bits per heavy atom. The summed E-state index contributed by atoms with van der Waals surface area (Å²) in [6.07, 6.45) is 0.769. The van der Waals surface area contributed by atoms with E-state index >= 15 is 0 Å². The topological polar surface area (TPSA) is 51.2 Å². The van der Waals surface area contributed by atoms with Crippen molar-refractivity contribution in [3.05, 3.63) is 46.9 Å². The zero-order chi connectivity index (χ0) is 12.6. The molecule has 1 heterocycles. The molecule has 2 rings (SSSR count). The number of nitrogens with zero attached hydrogens (tertiary/aromatic N) is 1. The number of hydrogen-bond acceptors (Lipinski definition) is 4. The molecule has 0 aliphatic carbocycles. The molecule has 1 aromatic carbocycles. The molecule has 1 N–H and O–H groups in total. The zero-order valence-electron chi connectivity index (χ0n) is 9.83. The van der Waals surface area contributed by atoms with Crippen LogP contribution in [0.4, 0.5) is 0 Å². The summed E-state index contributed by atoms with van der Waals surface area (Å²) < 4.78 is 5.51. The number of rotatable bonds is 6. The lowest BCUT2D eigenvalue weighted by Crippen LogP contribution is -2.25. The summed E-state index contributed by atoms with van der Waals surface area (Å²) >= 11 is 1.41. The van der Waals surface area contributed by atoms with Crippen molar-refractivity contribution in [2.45, 2.75) is 6.42 Å². The average molecular weight is 262 g/mol. The Bertz CT molecular complexity index is 471. The van der Waals surface area contributed by atoms with E-state index in [1.807, 2.05) is 30.3 Å². The molecule has 0 saturated carbocycles. The molecule has 0 spiro atoms. The van der Waals surface area contributed by atoms with Gasteiger partial charge in [0.1, 0.15) is 11.4 Å². The van der Waals surface area contributed by atoms with Gasteiger partial charge < -0.3 is 10.1 Å². The highest BCUT2D eigenvalue weighted by Crippen LogP contribution is 2.08. The molecule has 94 valence electrons. The molecule has 18 heavy (non-hydrogen) atoms. The third-order valence-corrected chi connectivity index (χ3v) is 2.87. The maximum absolute atomic E-state index is 11.5. The summed E-state index contributed by atoms with van der Waals surface area (Å²) in [5.41, 5.74) is 2.12. The van der Waals surface area contributed by atoms with E-state index in [1.54, 1.807) is 10.9 Å². The van der Waals surface area contributed by atoms with Crippen LogP contribution in [0, 0.1) is 0 Å². The van der Waals surface area contributed by atoms with Gasteiger partial charge in [-0.3, -0.25) is 4.79 Å². The first-order valence-electron chi connectivity index (χ1n) is 5.70. The third-order valence-electron chi connectivity index (χ3n) is 2.28. The number of carbonyl (C=O) groups is 1. The molecule has 1 aromatic heterocycles. The normalized spacial score (nSPS) is 10.0. The van der Waals surface area contributed by atoms with Crippen LogP contribution in [0.5, 0.6) is 5.75 Å². The van der Waals surface area contributed by atoms with E-state index in [1.165, 1.54) is 11.3 Å². The standard InChI is InChI=1S/C13H14N2O2S/c16-13(12-9-18-10-15-12)14-7-4-8-17-11-5-2-1-3-6-11/h1-3,5-6,9-10H,4,7-8H2,(H,14,16). The van der Waals surface area contributed by atoms with Crippen molar-refractivity contribution in [1.82, 2.24) is 10.3 Å². The number of nitrogens with one attached hydrogen (secondary N) is 1. The highest BCUT2D eigenvalue weighted by molar-refractivity contribution is 7.07. The van der Waals surface area contributed by atoms with E-state index in [2.05, 4.69) is 10.3 Å². The van der Waals surface area contributed by atoms with Gasteiger partial charge in [0.25, 0.3) is 5.91 Å². The molecule has 5 heteroatoms. The molecule has 4 nitrogen and oxygen atoms in total. The Hall–Kier alpha value is -1.88. The van der Waals surface area contributed by atoms with Crippen molar-refractivity contribution < 1.29 is 9.53 Å². The number of para-hydroxylation sites is 1. The first kappa shape index (κ1) is 12.6. The Morgan fingerprint density at radius 2 is 2.17 bits per heavy atom. The van der Waals surface area contributed by atoms with Crippen molar-refractivity contribution in [3.8, 4) is 5.75 Å². The fraction of sp³-hybridized carbons (Fsp3) is 0.231. The number of amides is 1. The van der Waals surface area contributed by atoms with Crippen LogP contribution in [0.3, 0.4) is 0 Å². The van der Waals surface area contributed by atoms with Crippen LogP contribution in [0.15, 0.2) is 41.2 Å². The maximum atomic E-state index is 11.5. The Kier molecular flexibility index (Phi) is 4.72. The van der Waals surface area contributed by atoms with Gasteiger partial charge in [-0.1, -0.05) is 18.2 Å². The van der Waals surface area contributed by atoms with Crippen LogP contribution in [0.1, 0.15) is 16.9 Å². The molecule has 0 radical (unpaired) electrons. The van der Waals surface area contributed by atoms with Crippen LogP contribution in [-0.2, 0) is 0 Å². The van der Waals surface area contributed by atoms with Gasteiger partial charge in [-0.15, -0.1) is 11.3 Å². The highest BCUT2D eigenvalue weighted by atomic mass is 32.1. The predicted octanol–water partition coefficient (Wildman–Crippen LogP) is 2.34. The maximum Gasteiger partial charge on any atom is 0.270 e. The molecule has 0 atom stereocenters. The SMILES string of the molecule is O=C(NCCCOc1ccccc1)c1cscn1. The van der Waals surface area contributed by atoms with E-state index in [4.69, 9.17) is 4.74 Å². The van der Waals surface area contributed by atoms with Gasteiger partial charge in [-0.25, -0.2) is 4.98 Å². The number of ether oxygens (including phenoxy) is 1. The van der Waals surface area contributed by atoms with Crippen molar-refractivity contribution in [2.75, 3.05) is 13.2 Å². The van der Waals surface area contributed by atoms with E-state index < -0.39 is 0 Å². The van der Waals surface area contributed by atoms with E-state index in [9.17, 15) is 4.79 Å². The van der Waals surface area contributed by atoms with Gasteiger partial charge in [0.05, 0.1) is 12.1 Å². The first-order chi connectivity index (χ1) is 8.86. The van der Waals surface area contributed by atoms with Crippen LogP contribution < -0.4 is 10.1 Å². The highest BCUT2D eigenvalue weighted by Gasteiger charge is 2.05. The molecule has 0 aliphatic heterocycles. The summed E-state index contributed by atoms with van der Waals surface area (Å²) in [5, 5.41) is 4.53. The lowest BCUT2D eigenvalue weighted by atomic mass is 10.3. The van der Waals surface area contributed by atoms with Crippen LogP contribution in [0.2, 0.25) is 0 Å². The average Bonchev–Trinajstić information content (AvgIpc) is 2.93. The summed E-state index contributed by atoms with van der Waals surface area (Å²) in [5.74, 6) is 0.722. The van der Waals surface area contributed by atoms with Gasteiger partial charge in [0.2, 0.25) is 0 Å². The number of thiazole rings is 1. The lowest BCUT2D eigenvalue weighted by molar-refractivity contribution is 0.0947.